The van der Waals surface area contributed by atoms with E-state index in [-0.39, 0.29) is 5.97 Å². The van der Waals surface area contributed by atoms with Crippen LogP contribution in [0.2, 0.25) is 0 Å². The topological polar surface area (TPSA) is 64.3 Å². The summed E-state index contributed by atoms with van der Waals surface area (Å²) in [6.07, 6.45) is 2.67. The second-order valence-corrected chi connectivity index (χ2v) is 4.74. The molecule has 3 N–H and O–H groups in total. The van der Waals surface area contributed by atoms with Crippen LogP contribution in [0.1, 0.15) is 40.0 Å². The Labute approximate surface area is 92.6 Å². The first kappa shape index (κ1) is 14.4. The molecule has 15 heavy (non-hydrogen) atoms. The Kier molecular flexibility index (Phi) is 6.52. The number of rotatable bonds is 6. The number of ether oxygens (including phenoxy) is 1. The van der Waals surface area contributed by atoms with Gasteiger partial charge in [0.15, 0.2) is 0 Å². The van der Waals surface area contributed by atoms with Gasteiger partial charge in [-0.1, -0.05) is 6.42 Å². The van der Waals surface area contributed by atoms with Crippen LogP contribution in [0.3, 0.4) is 0 Å². The van der Waals surface area contributed by atoms with E-state index in [0.29, 0.717) is 6.42 Å². The molecule has 0 aromatic heterocycles. The van der Waals surface area contributed by atoms with E-state index >= 15 is 0 Å². The quantitative estimate of drug-likeness (QED) is 0.514. The van der Waals surface area contributed by atoms with Gasteiger partial charge in [0.25, 0.3) is 0 Å². The van der Waals surface area contributed by atoms with Crippen LogP contribution in [0, 0.1) is 0 Å². The van der Waals surface area contributed by atoms with Crippen LogP contribution < -0.4 is 11.1 Å². The van der Waals surface area contributed by atoms with Crippen LogP contribution in [0.25, 0.3) is 0 Å². The van der Waals surface area contributed by atoms with E-state index < -0.39 is 11.6 Å². The third-order valence-electron chi connectivity index (χ3n) is 1.90. The predicted molar refractivity (Wildman–Crippen MR) is 61.6 cm³/mol. The first-order chi connectivity index (χ1) is 6.87. The molecule has 0 aliphatic rings. The van der Waals surface area contributed by atoms with Gasteiger partial charge in [-0.15, -0.1) is 0 Å². The molecule has 1 unspecified atom stereocenters. The largest absolute Gasteiger partial charge is 0.459 e. The average molecular weight is 216 g/mol. The molecule has 0 radical (unpaired) electrons. The van der Waals surface area contributed by atoms with Crippen molar-refractivity contribution in [2.24, 2.45) is 5.73 Å². The molecule has 0 aromatic carbocycles. The molecule has 0 saturated carbocycles. The number of nitrogens with one attached hydrogen (secondary N) is 1. The molecule has 90 valence electrons. The van der Waals surface area contributed by atoms with E-state index in [0.717, 1.165) is 19.4 Å². The van der Waals surface area contributed by atoms with Crippen molar-refractivity contribution in [2.45, 2.75) is 51.7 Å². The molecule has 0 aliphatic carbocycles. The van der Waals surface area contributed by atoms with Gasteiger partial charge in [-0.3, -0.25) is 4.79 Å². The van der Waals surface area contributed by atoms with Crippen molar-refractivity contribution in [2.75, 3.05) is 13.6 Å². The molecule has 0 aliphatic heterocycles. The second kappa shape index (κ2) is 6.80. The summed E-state index contributed by atoms with van der Waals surface area (Å²) in [5.74, 6) is -0.299. The highest BCUT2D eigenvalue weighted by molar-refractivity contribution is 5.75. The van der Waals surface area contributed by atoms with Crippen molar-refractivity contribution in [1.82, 2.24) is 5.32 Å². The summed E-state index contributed by atoms with van der Waals surface area (Å²) in [6.45, 7) is 6.50. The number of unbranched alkanes of at least 4 members (excludes halogenated alkanes) is 1. The Morgan fingerprint density at radius 1 is 1.40 bits per heavy atom. The SMILES string of the molecule is CNCCCCC(N)C(=O)OC(C)(C)C. The van der Waals surface area contributed by atoms with Crippen molar-refractivity contribution < 1.29 is 9.53 Å². The summed E-state index contributed by atoms with van der Waals surface area (Å²) in [6, 6.07) is -0.485. The minimum Gasteiger partial charge on any atom is -0.459 e. The molecule has 0 heterocycles. The highest BCUT2D eigenvalue weighted by Gasteiger charge is 2.21. The molecule has 4 heteroatoms. The smallest absolute Gasteiger partial charge is 0.323 e. The van der Waals surface area contributed by atoms with Crippen molar-refractivity contribution in [3.63, 3.8) is 0 Å². The molecule has 0 bridgehead atoms. The Hall–Kier alpha value is -0.610. The van der Waals surface area contributed by atoms with Crippen LogP contribution in [0.15, 0.2) is 0 Å². The van der Waals surface area contributed by atoms with Gasteiger partial charge in [-0.2, -0.15) is 0 Å². The van der Waals surface area contributed by atoms with E-state index in [1.54, 1.807) is 0 Å². The van der Waals surface area contributed by atoms with Gasteiger partial charge in [-0.05, 0) is 47.2 Å². The summed E-state index contributed by atoms with van der Waals surface area (Å²) in [5, 5.41) is 3.05. The third-order valence-corrected chi connectivity index (χ3v) is 1.90. The normalized spacial score (nSPS) is 13.7. The molecule has 0 aromatic rings. The zero-order valence-corrected chi connectivity index (χ0v) is 10.3. The van der Waals surface area contributed by atoms with Crippen LogP contribution in [-0.4, -0.2) is 31.2 Å². The fourth-order valence-corrected chi connectivity index (χ4v) is 1.16. The van der Waals surface area contributed by atoms with Gasteiger partial charge < -0.3 is 15.8 Å². The summed E-state index contributed by atoms with van der Waals surface area (Å²) in [4.78, 5) is 11.5. The first-order valence-electron chi connectivity index (χ1n) is 5.50. The van der Waals surface area contributed by atoms with Gasteiger partial charge in [-0.25, -0.2) is 0 Å². The number of hydrogen-bond acceptors (Lipinski definition) is 4. The summed E-state index contributed by atoms with van der Waals surface area (Å²) < 4.78 is 5.18. The fraction of sp³-hybridized carbons (Fsp3) is 0.909. The van der Waals surface area contributed by atoms with Gasteiger partial charge in [0, 0.05) is 0 Å². The highest BCUT2D eigenvalue weighted by atomic mass is 16.6. The van der Waals surface area contributed by atoms with E-state index in [9.17, 15) is 4.79 Å². The Bertz CT molecular complexity index is 188. The van der Waals surface area contributed by atoms with Crippen molar-refractivity contribution in [3.8, 4) is 0 Å². The Morgan fingerprint density at radius 2 is 2.00 bits per heavy atom. The number of carbonyl (C=O) groups is 1. The van der Waals surface area contributed by atoms with Crippen LogP contribution in [0.4, 0.5) is 0 Å². The molecule has 0 amide bonds. The zero-order chi connectivity index (χ0) is 11.9. The van der Waals surface area contributed by atoms with E-state index in [2.05, 4.69) is 5.32 Å². The summed E-state index contributed by atoms with van der Waals surface area (Å²) in [5.41, 5.74) is 5.27. The van der Waals surface area contributed by atoms with Gasteiger partial charge >= 0.3 is 5.97 Å². The number of esters is 1. The lowest BCUT2D eigenvalue weighted by atomic mass is 10.1. The van der Waals surface area contributed by atoms with Crippen LogP contribution in [-0.2, 0) is 9.53 Å². The van der Waals surface area contributed by atoms with Gasteiger partial charge in [0.05, 0.1) is 0 Å². The Balaban J connectivity index is 3.70. The molecular weight excluding hydrogens is 192 g/mol. The molecular formula is C11H24N2O2. The maximum atomic E-state index is 11.5. The third kappa shape index (κ3) is 8.39. The maximum absolute atomic E-state index is 11.5. The standard InChI is InChI=1S/C11H24N2O2/c1-11(2,3)15-10(14)9(12)7-5-6-8-13-4/h9,13H,5-8,12H2,1-4H3. The second-order valence-electron chi connectivity index (χ2n) is 4.74. The lowest BCUT2D eigenvalue weighted by Gasteiger charge is -2.22. The van der Waals surface area contributed by atoms with Crippen LogP contribution >= 0.6 is 0 Å². The van der Waals surface area contributed by atoms with E-state index in [4.69, 9.17) is 10.5 Å². The zero-order valence-electron chi connectivity index (χ0n) is 10.3. The molecule has 1 atom stereocenters. The van der Waals surface area contributed by atoms with E-state index in [1.807, 2.05) is 27.8 Å². The lowest BCUT2D eigenvalue weighted by molar-refractivity contribution is -0.156. The monoisotopic (exact) mass is 216 g/mol. The summed E-state index contributed by atoms with van der Waals surface area (Å²) >= 11 is 0. The molecule has 4 nitrogen and oxygen atoms in total. The number of nitrogens with two attached hydrogens (primary N) is 1. The molecule has 0 fully saturated rings. The molecule has 0 saturated heterocycles. The number of carbonyl (C=O) groups excluding carboxylic acids is 1. The lowest BCUT2D eigenvalue weighted by Crippen LogP contribution is -2.37. The molecule has 0 rings (SSSR count). The van der Waals surface area contributed by atoms with Crippen LogP contribution in [0.5, 0.6) is 0 Å². The minimum atomic E-state index is -0.485. The van der Waals surface area contributed by atoms with Gasteiger partial charge in [0.1, 0.15) is 11.6 Å². The van der Waals surface area contributed by atoms with Crippen molar-refractivity contribution >= 4 is 5.97 Å². The van der Waals surface area contributed by atoms with Crippen molar-refractivity contribution in [1.29, 1.82) is 0 Å². The predicted octanol–water partition coefficient (Wildman–Crippen LogP) is 1.05. The molecule has 0 spiro atoms. The average Bonchev–Trinajstić information content (AvgIpc) is 2.09. The Morgan fingerprint density at radius 3 is 2.47 bits per heavy atom. The van der Waals surface area contributed by atoms with Gasteiger partial charge in [0.2, 0.25) is 0 Å². The maximum Gasteiger partial charge on any atom is 0.323 e. The summed E-state index contributed by atoms with van der Waals surface area (Å²) in [7, 11) is 1.91. The first-order valence-corrected chi connectivity index (χ1v) is 5.50. The minimum absolute atomic E-state index is 0.299. The fourth-order valence-electron chi connectivity index (χ4n) is 1.16. The van der Waals surface area contributed by atoms with E-state index in [1.165, 1.54) is 0 Å². The highest BCUT2D eigenvalue weighted by Crippen LogP contribution is 2.09. The van der Waals surface area contributed by atoms with Crippen molar-refractivity contribution in [3.05, 3.63) is 0 Å². The number of hydrogen-bond donors (Lipinski definition) is 2.